The zero-order valence-electron chi connectivity index (χ0n) is 44.6. The second-order valence-electron chi connectivity index (χ2n) is 29.9. The minimum Gasteiger partial charge on any atom is -0.481 e. The van der Waals surface area contributed by atoms with Crippen molar-refractivity contribution < 1.29 is 34.8 Å². The highest BCUT2D eigenvalue weighted by molar-refractivity contribution is 5.79. The molecular formula is C60H94O7. The summed E-state index contributed by atoms with van der Waals surface area (Å²) in [7, 11) is 0. The number of fused-ring (bicyclic) bond motifs is 14. The quantitative estimate of drug-likeness (QED) is 0.164. The second kappa shape index (κ2) is 14.7. The van der Waals surface area contributed by atoms with Crippen LogP contribution in [0.25, 0.3) is 0 Å². The van der Waals surface area contributed by atoms with Crippen molar-refractivity contribution in [2.75, 3.05) is 0 Å². The number of esters is 1. The Morgan fingerprint density at radius 2 is 1.07 bits per heavy atom. The zero-order valence-corrected chi connectivity index (χ0v) is 44.6. The minimum absolute atomic E-state index is 0.00542. The van der Waals surface area contributed by atoms with E-state index in [4.69, 9.17) is 4.74 Å². The number of allylic oxidation sites excluding steroid dienone is 4. The molecule has 0 bridgehead atoms. The maximum atomic E-state index is 15.7. The summed E-state index contributed by atoms with van der Waals surface area (Å²) in [5.74, 6) is 1.60. The molecule has 10 aliphatic carbocycles. The first-order valence-electron chi connectivity index (χ1n) is 27.8. The molecule has 10 rings (SSSR count). The monoisotopic (exact) mass is 927 g/mol. The molecule has 10 aliphatic rings. The Labute approximate surface area is 405 Å². The van der Waals surface area contributed by atoms with Gasteiger partial charge in [-0.3, -0.25) is 9.59 Å². The van der Waals surface area contributed by atoms with Gasteiger partial charge in [0.15, 0.2) is 0 Å². The molecule has 0 aliphatic heterocycles. The van der Waals surface area contributed by atoms with Gasteiger partial charge in [0.2, 0.25) is 0 Å². The van der Waals surface area contributed by atoms with Crippen LogP contribution in [0.5, 0.6) is 0 Å². The van der Waals surface area contributed by atoms with Crippen molar-refractivity contribution in [1.82, 2.24) is 0 Å². The van der Waals surface area contributed by atoms with Gasteiger partial charge in [0.25, 0.3) is 0 Å². The lowest BCUT2D eigenvalue weighted by atomic mass is 9.33. The number of carboxylic acid groups (broad SMARTS) is 1. The van der Waals surface area contributed by atoms with Gasteiger partial charge in [-0.2, -0.15) is 0 Å². The molecule has 4 unspecified atom stereocenters. The predicted molar refractivity (Wildman–Crippen MR) is 264 cm³/mol. The molecule has 7 nitrogen and oxygen atoms in total. The van der Waals surface area contributed by atoms with Crippen LogP contribution in [0.1, 0.15) is 206 Å². The van der Waals surface area contributed by atoms with Crippen LogP contribution in [0.4, 0.5) is 0 Å². The zero-order chi connectivity index (χ0) is 48.9. The third-order valence-electron chi connectivity index (χ3n) is 26.5. The van der Waals surface area contributed by atoms with Crippen LogP contribution in [-0.2, 0) is 14.3 Å². The fraction of sp³-hybridized carbons (Fsp3) is 0.900. The molecule has 67 heavy (non-hydrogen) atoms. The molecule has 0 aromatic rings. The highest BCUT2D eigenvalue weighted by Crippen LogP contribution is 2.78. The van der Waals surface area contributed by atoms with Crippen LogP contribution < -0.4 is 0 Å². The lowest BCUT2D eigenvalue weighted by molar-refractivity contribution is -0.248. The van der Waals surface area contributed by atoms with Crippen LogP contribution in [0.15, 0.2) is 23.3 Å². The van der Waals surface area contributed by atoms with Gasteiger partial charge in [-0.15, -0.1) is 0 Å². The summed E-state index contributed by atoms with van der Waals surface area (Å²) in [5.41, 5.74) is 0.439. The lowest BCUT2D eigenvalue weighted by Gasteiger charge is -2.72. The first-order chi connectivity index (χ1) is 30.9. The summed E-state index contributed by atoms with van der Waals surface area (Å²) in [6.45, 7) is 33.5. The molecule has 0 radical (unpaired) electrons. The molecule has 0 aromatic heterocycles. The maximum absolute atomic E-state index is 15.7. The fourth-order valence-electron chi connectivity index (χ4n) is 22.2. The summed E-state index contributed by atoms with van der Waals surface area (Å²) >= 11 is 0. The van der Waals surface area contributed by atoms with Gasteiger partial charge in [0.05, 0.1) is 29.1 Å². The second-order valence-corrected chi connectivity index (χ2v) is 29.9. The van der Waals surface area contributed by atoms with Crippen LogP contribution in [-0.4, -0.2) is 56.8 Å². The van der Waals surface area contributed by atoms with Gasteiger partial charge >= 0.3 is 11.9 Å². The molecule has 0 spiro atoms. The molecule has 8 saturated carbocycles. The van der Waals surface area contributed by atoms with E-state index in [2.05, 4.69) is 109 Å². The standard InChI is InChI=1S/C60H94O7/c1-34-19-24-60(30-27-56(12)37(45(60)35(34)2)16-18-44-53(9)32-39(61)46(63)51(5,6)41(53)20-22-58(44,56)14)49(66)67-47-40(62)33-54(10)42(52(47,7)8)21-23-57(13)43(54)17-15-36-38-31-50(3,4)25-28-59(38,48(64)65)29-26-55(36,57)11/h15-16,34-35,38-47,61-63H,17-33H2,1-14H3,(H,64,65)/t34-,35+,38+,39?,40?,41?,42+,43-,44?,45+,46+,47+,53+,54+,55-,56-,57-,58-,59+,60+/m1/s1. The van der Waals surface area contributed by atoms with Crippen LogP contribution >= 0.6 is 0 Å². The van der Waals surface area contributed by atoms with Crippen molar-refractivity contribution in [1.29, 1.82) is 0 Å². The molecule has 376 valence electrons. The molecule has 0 heterocycles. The number of aliphatic carboxylic acids is 1. The molecular weight excluding hydrogens is 833 g/mol. The SMILES string of the molecule is C[C@H]1[C@H](C)CC[C@]2(C(=O)O[C@H]3C(O)C[C@]4(C)[C@H]5CC=C6[C@@H]7CC(C)(C)CC[C@]7(C(=O)O)CC[C@@]6(C)[C@]5(C)CC[C@H]4C3(C)C)CC[C@]3(C)C(=CCC4[C@@]5(C)CC(O)[C@H](O)C(C)(C)C5CC[C@]43C)[C@H]12. The smallest absolute Gasteiger partial charge is 0.313 e. The normalized spacial score (nSPS) is 55.7. The predicted octanol–water partition coefficient (Wildman–Crippen LogP) is 12.7. The Kier molecular flexibility index (Phi) is 10.7. The van der Waals surface area contributed by atoms with Gasteiger partial charge in [-0.1, -0.05) is 120 Å². The number of aliphatic hydroxyl groups is 3. The average molecular weight is 927 g/mol. The molecule has 0 aromatic carbocycles. The first-order valence-corrected chi connectivity index (χ1v) is 27.8. The number of carboxylic acids is 1. The number of carbonyl (C=O) groups excluding carboxylic acids is 1. The van der Waals surface area contributed by atoms with E-state index in [0.717, 1.165) is 96.3 Å². The van der Waals surface area contributed by atoms with Gasteiger partial charge in [0.1, 0.15) is 6.10 Å². The highest BCUT2D eigenvalue weighted by Gasteiger charge is 2.73. The Balaban J connectivity index is 0.947. The van der Waals surface area contributed by atoms with Crippen LogP contribution in [0, 0.1) is 107 Å². The van der Waals surface area contributed by atoms with Crippen molar-refractivity contribution >= 4 is 11.9 Å². The maximum Gasteiger partial charge on any atom is 0.313 e. The number of carbonyl (C=O) groups is 2. The third-order valence-corrected chi connectivity index (χ3v) is 26.5. The van der Waals surface area contributed by atoms with E-state index in [1.54, 1.807) is 0 Å². The van der Waals surface area contributed by atoms with E-state index in [1.165, 1.54) is 11.1 Å². The summed E-state index contributed by atoms with van der Waals surface area (Å²) in [5, 5.41) is 46.3. The summed E-state index contributed by atoms with van der Waals surface area (Å²) in [6, 6.07) is 0. The highest BCUT2D eigenvalue weighted by atomic mass is 16.6. The van der Waals surface area contributed by atoms with Crippen molar-refractivity contribution in [3.05, 3.63) is 23.3 Å². The van der Waals surface area contributed by atoms with E-state index in [1.807, 2.05) is 0 Å². The van der Waals surface area contributed by atoms with Crippen LogP contribution in [0.3, 0.4) is 0 Å². The van der Waals surface area contributed by atoms with Crippen molar-refractivity contribution in [2.24, 2.45) is 107 Å². The molecule has 0 amide bonds. The van der Waals surface area contributed by atoms with E-state index in [9.17, 15) is 25.2 Å². The van der Waals surface area contributed by atoms with Crippen molar-refractivity contribution in [2.45, 2.75) is 231 Å². The lowest BCUT2D eigenvalue weighted by Crippen LogP contribution is -2.68. The van der Waals surface area contributed by atoms with Gasteiger partial charge in [0, 0.05) is 5.41 Å². The van der Waals surface area contributed by atoms with Crippen molar-refractivity contribution in [3.8, 4) is 0 Å². The van der Waals surface area contributed by atoms with Gasteiger partial charge in [-0.25, -0.2) is 0 Å². The number of ether oxygens (including phenoxy) is 1. The Hall–Kier alpha value is -1.70. The number of aliphatic hydroxyl groups excluding tert-OH is 3. The number of hydrogen-bond donors (Lipinski definition) is 4. The van der Waals surface area contributed by atoms with E-state index in [-0.39, 0.29) is 67.0 Å². The molecule has 0 saturated heterocycles. The van der Waals surface area contributed by atoms with Gasteiger partial charge in [-0.05, 0) is 200 Å². The summed E-state index contributed by atoms with van der Waals surface area (Å²) in [4.78, 5) is 29.0. The topological polar surface area (TPSA) is 124 Å². The molecule has 20 atom stereocenters. The fourth-order valence-corrected chi connectivity index (χ4v) is 22.2. The van der Waals surface area contributed by atoms with Gasteiger partial charge < -0.3 is 25.2 Å². The van der Waals surface area contributed by atoms with Crippen molar-refractivity contribution in [3.63, 3.8) is 0 Å². The first kappa shape index (κ1) is 48.9. The van der Waals surface area contributed by atoms with Crippen LogP contribution in [0.2, 0.25) is 0 Å². The number of rotatable bonds is 3. The average Bonchev–Trinajstić information content (AvgIpc) is 3.22. The molecule has 4 N–H and O–H groups in total. The third kappa shape index (κ3) is 5.98. The van der Waals surface area contributed by atoms with E-state index >= 15 is 4.79 Å². The van der Waals surface area contributed by atoms with E-state index in [0.29, 0.717) is 42.4 Å². The largest absolute Gasteiger partial charge is 0.481 e. The Bertz CT molecular complexity index is 2130. The summed E-state index contributed by atoms with van der Waals surface area (Å²) in [6.07, 6.45) is 17.5. The summed E-state index contributed by atoms with van der Waals surface area (Å²) < 4.78 is 7.12. The molecule has 8 fully saturated rings. The number of hydrogen-bond acceptors (Lipinski definition) is 6. The Morgan fingerprint density at radius 3 is 1.66 bits per heavy atom. The molecule has 7 heteroatoms. The Morgan fingerprint density at radius 1 is 0.567 bits per heavy atom. The van der Waals surface area contributed by atoms with E-state index < -0.39 is 46.6 Å². The minimum atomic E-state index is -0.771.